The molecule has 12 atom stereocenters. The van der Waals surface area contributed by atoms with E-state index in [9.17, 15) is 5.11 Å². The third kappa shape index (κ3) is 7.77. The Balaban J connectivity index is 0.000000171. The van der Waals surface area contributed by atoms with Crippen LogP contribution in [0.4, 0.5) is 0 Å². The molecule has 4 nitrogen and oxygen atoms in total. The van der Waals surface area contributed by atoms with Gasteiger partial charge in [-0.05, 0) is 128 Å². The summed E-state index contributed by atoms with van der Waals surface area (Å²) in [6, 6.07) is 32.6. The van der Waals surface area contributed by atoms with Crippen molar-refractivity contribution in [2.24, 2.45) is 46.3 Å². The Kier molecular flexibility index (Phi) is 12.4. The normalized spacial score (nSPS) is 38.0. The fraction of sp³-hybridized carbons (Fsp3) is 0.600. The zero-order chi connectivity index (χ0) is 37.5. The molecule has 2 N–H and O–H groups in total. The third-order valence-corrected chi connectivity index (χ3v) is 15.9. The molecule has 0 aromatic heterocycles. The molecule has 2 heterocycles. The van der Waals surface area contributed by atoms with E-state index in [1.54, 1.807) is 5.57 Å². The Hall–Kier alpha value is -2.47. The van der Waals surface area contributed by atoms with Crippen molar-refractivity contribution in [3.63, 3.8) is 0 Å². The van der Waals surface area contributed by atoms with Crippen LogP contribution in [0.1, 0.15) is 127 Å². The van der Waals surface area contributed by atoms with Crippen LogP contribution in [0.3, 0.4) is 0 Å². The molecule has 3 aromatic carbocycles. The van der Waals surface area contributed by atoms with Gasteiger partial charge in [-0.3, -0.25) is 0 Å². The van der Waals surface area contributed by atoms with E-state index in [2.05, 4.69) is 137 Å². The molecule has 4 aliphatic carbocycles. The van der Waals surface area contributed by atoms with Gasteiger partial charge in [0.1, 0.15) is 0 Å². The molecule has 9 rings (SSSR count). The van der Waals surface area contributed by atoms with Gasteiger partial charge in [0, 0.05) is 24.3 Å². The van der Waals surface area contributed by atoms with Gasteiger partial charge in [0.05, 0.1) is 18.8 Å². The lowest BCUT2D eigenvalue weighted by Gasteiger charge is -2.57. The molecule has 3 saturated carbocycles. The van der Waals surface area contributed by atoms with Gasteiger partial charge < -0.3 is 19.9 Å². The number of benzene rings is 3. The Morgan fingerprint density at radius 1 is 0.800 bits per heavy atom. The molecule has 3 aromatic rings. The standard InChI is InChI=1S/C27H42O3.C23H25N.ClH/c1-16-7-12-27(29-15-16)17(2)24-23(30-27)14-22-20-6-5-18-13-19(28)8-10-25(18,3)21(20)9-11-26(22,24)4;1-19(20-11-5-2-6-12-20)24-18-17-23(21-13-7-3-8-14-21)22-15-9-4-10-16-22;/h9,16-20,22-24,28H,5-8,10-15H2,1-4H3;2-16,19,23-24H,17-18H2,1H3;1H. The summed E-state index contributed by atoms with van der Waals surface area (Å²) in [6.45, 7) is 14.0. The van der Waals surface area contributed by atoms with Crippen LogP contribution in [0.25, 0.3) is 0 Å². The van der Waals surface area contributed by atoms with Crippen molar-refractivity contribution in [1.29, 1.82) is 0 Å². The SMILES string of the molecule is CC(NCCC(c1ccccc1)c1ccccc1)c1ccccc1.CC1CCC2(OC1)OC1CC3C4CCC5CC(O)CCC5(C)C4=CCC3(C)C1C2C.Cl. The van der Waals surface area contributed by atoms with Crippen LogP contribution >= 0.6 is 12.4 Å². The van der Waals surface area contributed by atoms with Gasteiger partial charge in [0.2, 0.25) is 0 Å². The van der Waals surface area contributed by atoms with E-state index in [1.165, 1.54) is 55.2 Å². The van der Waals surface area contributed by atoms with E-state index < -0.39 is 0 Å². The highest BCUT2D eigenvalue weighted by molar-refractivity contribution is 5.85. The average molecular weight is 767 g/mol. The van der Waals surface area contributed by atoms with E-state index in [1.807, 2.05) is 0 Å². The summed E-state index contributed by atoms with van der Waals surface area (Å²) < 4.78 is 13.3. The van der Waals surface area contributed by atoms with Crippen molar-refractivity contribution >= 4 is 12.4 Å². The highest BCUT2D eigenvalue weighted by atomic mass is 35.5. The minimum absolute atomic E-state index is 0. The number of halogens is 1. The molecule has 5 fully saturated rings. The van der Waals surface area contributed by atoms with Gasteiger partial charge in [-0.15, -0.1) is 12.4 Å². The lowest BCUT2D eigenvalue weighted by atomic mass is 9.48. The summed E-state index contributed by atoms with van der Waals surface area (Å²) in [7, 11) is 0. The summed E-state index contributed by atoms with van der Waals surface area (Å²) in [4.78, 5) is 0. The third-order valence-electron chi connectivity index (χ3n) is 15.9. The molecule has 1 spiro atoms. The van der Waals surface area contributed by atoms with Gasteiger partial charge >= 0.3 is 0 Å². The summed E-state index contributed by atoms with van der Waals surface area (Å²) >= 11 is 0. The number of aliphatic hydroxyl groups excluding tert-OH is 1. The Morgan fingerprint density at radius 2 is 1.44 bits per heavy atom. The quantitative estimate of drug-likeness (QED) is 0.235. The molecule has 2 saturated heterocycles. The molecule has 0 bridgehead atoms. The highest BCUT2D eigenvalue weighted by Crippen LogP contribution is 2.69. The molecule has 2 aliphatic heterocycles. The van der Waals surface area contributed by atoms with Gasteiger partial charge in [-0.25, -0.2) is 0 Å². The zero-order valence-corrected chi connectivity index (χ0v) is 35.0. The summed E-state index contributed by atoms with van der Waals surface area (Å²) in [5.41, 5.74) is 6.57. The highest BCUT2D eigenvalue weighted by Gasteiger charge is 2.67. The first kappa shape index (κ1) is 40.7. The molecular weight excluding hydrogens is 698 g/mol. The smallest absolute Gasteiger partial charge is 0.171 e. The molecule has 0 amide bonds. The number of aliphatic hydroxyl groups is 1. The fourth-order valence-corrected chi connectivity index (χ4v) is 12.7. The Labute approximate surface area is 338 Å². The minimum atomic E-state index is -0.303. The van der Waals surface area contributed by atoms with Crippen molar-refractivity contribution in [3.8, 4) is 0 Å². The summed E-state index contributed by atoms with van der Waals surface area (Å²) in [6.07, 6.45) is 14.7. The van der Waals surface area contributed by atoms with E-state index in [0.29, 0.717) is 52.6 Å². The van der Waals surface area contributed by atoms with Crippen molar-refractivity contribution in [3.05, 3.63) is 119 Å². The number of allylic oxidation sites excluding steroid dienone is 2. The van der Waals surface area contributed by atoms with Crippen molar-refractivity contribution < 1.29 is 14.6 Å². The number of hydrogen-bond donors (Lipinski definition) is 2. The lowest BCUT2D eigenvalue weighted by Crippen LogP contribution is -2.50. The first-order valence-electron chi connectivity index (χ1n) is 21.7. The molecular formula is C50H68ClNO3. The van der Waals surface area contributed by atoms with E-state index in [4.69, 9.17) is 9.47 Å². The number of rotatable bonds is 7. The topological polar surface area (TPSA) is 50.7 Å². The molecule has 5 heteroatoms. The van der Waals surface area contributed by atoms with Gasteiger partial charge in [-0.2, -0.15) is 0 Å². The lowest BCUT2D eigenvalue weighted by molar-refractivity contribution is -0.272. The number of ether oxygens (including phenoxy) is 2. The number of fused-ring (bicyclic) bond motifs is 7. The van der Waals surface area contributed by atoms with E-state index in [-0.39, 0.29) is 24.3 Å². The van der Waals surface area contributed by atoms with Crippen LogP contribution in [-0.4, -0.2) is 36.3 Å². The molecule has 6 aliphatic rings. The van der Waals surface area contributed by atoms with E-state index in [0.717, 1.165) is 50.7 Å². The average Bonchev–Trinajstić information content (AvgIpc) is 3.65. The molecule has 55 heavy (non-hydrogen) atoms. The molecule has 298 valence electrons. The van der Waals surface area contributed by atoms with Crippen LogP contribution < -0.4 is 5.32 Å². The predicted molar refractivity (Wildman–Crippen MR) is 227 cm³/mol. The first-order valence-corrected chi connectivity index (χ1v) is 21.7. The number of nitrogens with one attached hydrogen (secondary N) is 1. The maximum absolute atomic E-state index is 10.3. The van der Waals surface area contributed by atoms with Crippen LogP contribution in [0.2, 0.25) is 0 Å². The fourth-order valence-electron chi connectivity index (χ4n) is 12.7. The monoisotopic (exact) mass is 765 g/mol. The van der Waals surface area contributed by atoms with Crippen LogP contribution in [-0.2, 0) is 9.47 Å². The second kappa shape index (κ2) is 16.8. The van der Waals surface area contributed by atoms with Crippen LogP contribution in [0.5, 0.6) is 0 Å². The minimum Gasteiger partial charge on any atom is -0.393 e. The number of hydrogen-bond acceptors (Lipinski definition) is 4. The first-order chi connectivity index (χ1) is 26.1. The van der Waals surface area contributed by atoms with E-state index >= 15 is 0 Å². The van der Waals surface area contributed by atoms with Crippen molar-refractivity contribution in [2.45, 2.75) is 129 Å². The Bertz CT molecular complexity index is 1670. The van der Waals surface area contributed by atoms with Crippen LogP contribution in [0, 0.1) is 46.3 Å². The molecule has 0 radical (unpaired) electrons. The van der Waals surface area contributed by atoms with Crippen molar-refractivity contribution in [2.75, 3.05) is 13.2 Å². The largest absolute Gasteiger partial charge is 0.393 e. The maximum atomic E-state index is 10.3. The second-order valence-corrected chi connectivity index (χ2v) is 18.9. The van der Waals surface area contributed by atoms with Gasteiger partial charge in [0.15, 0.2) is 5.79 Å². The molecule has 12 unspecified atom stereocenters. The predicted octanol–water partition coefficient (Wildman–Crippen LogP) is 11.7. The van der Waals surface area contributed by atoms with Crippen molar-refractivity contribution in [1.82, 2.24) is 5.32 Å². The van der Waals surface area contributed by atoms with Crippen LogP contribution in [0.15, 0.2) is 103 Å². The Morgan fingerprint density at radius 3 is 2.05 bits per heavy atom. The summed E-state index contributed by atoms with van der Waals surface area (Å²) in [5, 5.41) is 13.9. The van der Waals surface area contributed by atoms with Gasteiger partial charge in [0.25, 0.3) is 0 Å². The second-order valence-electron chi connectivity index (χ2n) is 18.9. The zero-order valence-electron chi connectivity index (χ0n) is 34.2. The summed E-state index contributed by atoms with van der Waals surface area (Å²) in [5.74, 6) is 4.12. The maximum Gasteiger partial charge on any atom is 0.171 e. The van der Waals surface area contributed by atoms with Gasteiger partial charge in [-0.1, -0.05) is 130 Å².